The topological polar surface area (TPSA) is 37.3 Å². The van der Waals surface area contributed by atoms with E-state index in [1.165, 1.54) is 42.5 Å². The number of hydrogen-bond acceptors (Lipinski definition) is 1. The smallest absolute Gasteiger partial charge is 0.416 e. The van der Waals surface area contributed by atoms with Crippen molar-refractivity contribution in [2.24, 2.45) is 0 Å². The fourth-order valence-corrected chi connectivity index (χ4v) is 1.92. The molecular formula is C16H11F3O2. The van der Waals surface area contributed by atoms with Crippen molar-refractivity contribution in [3.05, 3.63) is 70.8 Å². The van der Waals surface area contributed by atoms with Crippen LogP contribution in [0.25, 0.3) is 12.2 Å². The van der Waals surface area contributed by atoms with Gasteiger partial charge in [0.1, 0.15) is 0 Å². The van der Waals surface area contributed by atoms with E-state index in [0.717, 1.165) is 6.07 Å². The van der Waals surface area contributed by atoms with E-state index in [1.807, 2.05) is 0 Å². The van der Waals surface area contributed by atoms with Crippen molar-refractivity contribution in [3.63, 3.8) is 0 Å². The third kappa shape index (κ3) is 3.51. The van der Waals surface area contributed by atoms with E-state index in [0.29, 0.717) is 5.56 Å². The highest BCUT2D eigenvalue weighted by molar-refractivity contribution is 5.93. The third-order valence-electron chi connectivity index (χ3n) is 2.90. The number of alkyl halides is 3. The van der Waals surface area contributed by atoms with Crippen LogP contribution in [0.5, 0.6) is 0 Å². The first-order valence-electron chi connectivity index (χ1n) is 6.06. The zero-order valence-electron chi connectivity index (χ0n) is 10.8. The molecule has 0 unspecified atom stereocenters. The summed E-state index contributed by atoms with van der Waals surface area (Å²) in [6.45, 7) is 0. The SMILES string of the molecule is O=C(O)c1ccccc1/C=C/c1ccccc1C(F)(F)F. The van der Waals surface area contributed by atoms with Crippen LogP contribution in [0.3, 0.4) is 0 Å². The standard InChI is InChI=1S/C16H11F3O2/c17-16(18,19)14-8-4-2-6-12(14)10-9-11-5-1-3-7-13(11)15(20)21/h1-10H,(H,20,21)/b10-9+. The fourth-order valence-electron chi connectivity index (χ4n) is 1.92. The predicted octanol–water partition coefficient (Wildman–Crippen LogP) is 4.57. The molecule has 2 nitrogen and oxygen atoms in total. The van der Waals surface area contributed by atoms with Crippen LogP contribution in [0.1, 0.15) is 27.0 Å². The van der Waals surface area contributed by atoms with Gasteiger partial charge in [-0.15, -0.1) is 0 Å². The average Bonchev–Trinajstić information content (AvgIpc) is 2.44. The number of aromatic carboxylic acids is 1. The average molecular weight is 292 g/mol. The van der Waals surface area contributed by atoms with E-state index in [2.05, 4.69) is 0 Å². The Morgan fingerprint density at radius 1 is 0.905 bits per heavy atom. The Hall–Kier alpha value is -2.56. The lowest BCUT2D eigenvalue weighted by Gasteiger charge is -2.09. The molecule has 1 N–H and O–H groups in total. The molecule has 21 heavy (non-hydrogen) atoms. The van der Waals surface area contributed by atoms with Crippen molar-refractivity contribution >= 4 is 18.1 Å². The van der Waals surface area contributed by atoms with Crippen LogP contribution in [-0.4, -0.2) is 11.1 Å². The second kappa shape index (κ2) is 5.83. The van der Waals surface area contributed by atoms with E-state index >= 15 is 0 Å². The van der Waals surface area contributed by atoms with E-state index in [1.54, 1.807) is 12.1 Å². The maximum absolute atomic E-state index is 12.9. The van der Waals surface area contributed by atoms with Crippen molar-refractivity contribution in [2.45, 2.75) is 6.18 Å². The maximum Gasteiger partial charge on any atom is 0.416 e. The minimum Gasteiger partial charge on any atom is -0.478 e. The van der Waals surface area contributed by atoms with Gasteiger partial charge in [0.2, 0.25) is 0 Å². The molecule has 0 aliphatic carbocycles. The van der Waals surface area contributed by atoms with Gasteiger partial charge in [0.15, 0.2) is 0 Å². The van der Waals surface area contributed by atoms with Crippen molar-refractivity contribution in [1.82, 2.24) is 0 Å². The molecule has 0 bridgehead atoms. The molecule has 2 aromatic carbocycles. The summed E-state index contributed by atoms with van der Waals surface area (Å²) in [5, 5.41) is 9.03. The van der Waals surface area contributed by atoms with Gasteiger partial charge in [-0.3, -0.25) is 0 Å². The first-order valence-corrected chi connectivity index (χ1v) is 6.06. The molecule has 0 fully saturated rings. The molecule has 2 rings (SSSR count). The zero-order valence-corrected chi connectivity index (χ0v) is 10.8. The normalized spacial score (nSPS) is 11.8. The third-order valence-corrected chi connectivity index (χ3v) is 2.90. The molecule has 0 heterocycles. The summed E-state index contributed by atoms with van der Waals surface area (Å²) in [4.78, 5) is 11.0. The highest BCUT2D eigenvalue weighted by Gasteiger charge is 2.32. The van der Waals surface area contributed by atoms with Crippen LogP contribution in [0.15, 0.2) is 48.5 Å². The Labute approximate surface area is 119 Å². The van der Waals surface area contributed by atoms with E-state index in [4.69, 9.17) is 5.11 Å². The second-order valence-electron chi connectivity index (χ2n) is 4.31. The minimum atomic E-state index is -4.45. The van der Waals surface area contributed by atoms with Crippen LogP contribution < -0.4 is 0 Å². The molecule has 0 saturated heterocycles. The predicted molar refractivity (Wildman–Crippen MR) is 73.8 cm³/mol. The molecule has 0 aliphatic rings. The first kappa shape index (κ1) is 14.8. The Morgan fingerprint density at radius 2 is 1.43 bits per heavy atom. The molecule has 2 aromatic rings. The molecule has 0 radical (unpaired) electrons. The molecule has 0 atom stereocenters. The Balaban J connectivity index is 2.42. The summed E-state index contributed by atoms with van der Waals surface area (Å²) < 4.78 is 38.6. The summed E-state index contributed by atoms with van der Waals surface area (Å²) in [5.74, 6) is -1.13. The molecular weight excluding hydrogens is 281 g/mol. The molecule has 0 spiro atoms. The summed E-state index contributed by atoms with van der Waals surface area (Å²) in [6, 6.07) is 11.3. The number of benzene rings is 2. The largest absolute Gasteiger partial charge is 0.478 e. The highest BCUT2D eigenvalue weighted by atomic mass is 19.4. The van der Waals surface area contributed by atoms with E-state index in [9.17, 15) is 18.0 Å². The van der Waals surface area contributed by atoms with Crippen molar-refractivity contribution in [1.29, 1.82) is 0 Å². The maximum atomic E-state index is 12.9. The molecule has 0 aliphatic heterocycles. The van der Waals surface area contributed by atoms with Gasteiger partial charge in [-0.05, 0) is 23.3 Å². The van der Waals surface area contributed by atoms with Crippen LogP contribution in [0.2, 0.25) is 0 Å². The lowest BCUT2D eigenvalue weighted by atomic mass is 10.0. The summed E-state index contributed by atoms with van der Waals surface area (Å²) >= 11 is 0. The van der Waals surface area contributed by atoms with Gasteiger partial charge in [-0.2, -0.15) is 13.2 Å². The quantitative estimate of drug-likeness (QED) is 0.841. The number of carboxylic acids is 1. The van der Waals surface area contributed by atoms with Crippen LogP contribution >= 0.6 is 0 Å². The Kier molecular flexibility index (Phi) is 4.12. The Morgan fingerprint density at radius 3 is 2.05 bits per heavy atom. The van der Waals surface area contributed by atoms with Gasteiger partial charge in [0.05, 0.1) is 11.1 Å². The van der Waals surface area contributed by atoms with Gasteiger partial charge >= 0.3 is 12.1 Å². The van der Waals surface area contributed by atoms with Crippen LogP contribution in [-0.2, 0) is 6.18 Å². The number of halogens is 3. The number of carbonyl (C=O) groups is 1. The van der Waals surface area contributed by atoms with E-state index < -0.39 is 17.7 Å². The van der Waals surface area contributed by atoms with Gasteiger partial charge in [-0.1, -0.05) is 48.6 Å². The minimum absolute atomic E-state index is 0.00908. The van der Waals surface area contributed by atoms with Gasteiger partial charge in [0, 0.05) is 0 Å². The fraction of sp³-hybridized carbons (Fsp3) is 0.0625. The molecule has 5 heteroatoms. The van der Waals surface area contributed by atoms with Crippen LogP contribution in [0, 0.1) is 0 Å². The summed E-state index contributed by atoms with van der Waals surface area (Å²) in [5.41, 5.74) is -0.375. The lowest BCUT2D eigenvalue weighted by Crippen LogP contribution is -2.06. The molecule has 108 valence electrons. The summed E-state index contributed by atoms with van der Waals surface area (Å²) in [6.07, 6.45) is -1.81. The van der Waals surface area contributed by atoms with Crippen molar-refractivity contribution < 1.29 is 23.1 Å². The van der Waals surface area contributed by atoms with E-state index in [-0.39, 0.29) is 11.1 Å². The monoisotopic (exact) mass is 292 g/mol. The molecule has 0 amide bonds. The van der Waals surface area contributed by atoms with Gasteiger partial charge < -0.3 is 5.11 Å². The van der Waals surface area contributed by atoms with Crippen molar-refractivity contribution in [3.8, 4) is 0 Å². The van der Waals surface area contributed by atoms with Gasteiger partial charge in [0.25, 0.3) is 0 Å². The highest BCUT2D eigenvalue weighted by Crippen LogP contribution is 2.32. The Bertz CT molecular complexity index is 688. The number of rotatable bonds is 3. The number of carboxylic acid groups (broad SMARTS) is 1. The number of hydrogen-bond donors (Lipinski definition) is 1. The summed E-state index contributed by atoms with van der Waals surface area (Å²) in [7, 11) is 0. The van der Waals surface area contributed by atoms with Crippen molar-refractivity contribution in [2.75, 3.05) is 0 Å². The zero-order chi connectivity index (χ0) is 15.5. The first-order chi connectivity index (χ1) is 9.89. The second-order valence-corrected chi connectivity index (χ2v) is 4.31. The lowest BCUT2D eigenvalue weighted by molar-refractivity contribution is -0.137. The molecule has 0 saturated carbocycles. The van der Waals surface area contributed by atoms with Gasteiger partial charge in [-0.25, -0.2) is 4.79 Å². The van der Waals surface area contributed by atoms with Crippen LogP contribution in [0.4, 0.5) is 13.2 Å². The molecule has 0 aromatic heterocycles.